The Hall–Kier alpha value is -0.460. The van der Waals surface area contributed by atoms with Crippen LogP contribution in [0.5, 0.6) is 0 Å². The quantitative estimate of drug-likeness (QED) is 0.559. The van der Waals surface area contributed by atoms with Gasteiger partial charge in [-0.1, -0.05) is 26.3 Å². The lowest BCUT2D eigenvalue weighted by Crippen LogP contribution is -1.93. The van der Waals surface area contributed by atoms with E-state index in [2.05, 4.69) is 13.5 Å². The Bertz CT molecular complexity index is 71.3. The predicted octanol–water partition coefficient (Wildman–Crippen LogP) is 2.29. The first kappa shape index (κ1) is 7.54. The average molecular weight is 115 g/mol. The minimum atomic E-state index is 0. The average Bonchev–Trinajstić information content (AvgIpc) is 1.66. The number of hydrogen-bond donors (Lipinski definition) is 1. The fourth-order valence-electron chi connectivity index (χ4n) is 0.602. The summed E-state index contributed by atoms with van der Waals surface area (Å²) in [6, 6.07) is 0. The van der Waals surface area contributed by atoms with Gasteiger partial charge in [-0.15, -0.1) is 0 Å². The summed E-state index contributed by atoms with van der Waals surface area (Å²) in [6.45, 7) is 5.78. The van der Waals surface area contributed by atoms with Crippen molar-refractivity contribution in [2.45, 2.75) is 32.6 Å². The van der Waals surface area contributed by atoms with Crippen LogP contribution >= 0.6 is 0 Å². The smallest absolute Gasteiger partial charge is 0.000744 e. The third-order valence-electron chi connectivity index (χ3n) is 1.10. The Balaban J connectivity index is 0. The van der Waals surface area contributed by atoms with E-state index in [9.17, 15) is 0 Å². The number of rotatable bonds is 4. The summed E-state index contributed by atoms with van der Waals surface area (Å²) in [6.07, 6.45) is 4.73. The molecule has 0 saturated carbocycles. The van der Waals surface area contributed by atoms with Crippen molar-refractivity contribution in [3.05, 3.63) is 12.3 Å². The zero-order valence-corrected chi connectivity index (χ0v) is 5.61. The monoisotopic (exact) mass is 115 g/mol. The van der Waals surface area contributed by atoms with E-state index in [1.807, 2.05) is 0 Å². The lowest BCUT2D eigenvalue weighted by Gasteiger charge is -1.95. The maximum Gasteiger partial charge on any atom is 0.000744 e. The fourth-order valence-corrected chi connectivity index (χ4v) is 0.602. The molecule has 0 bridgehead atoms. The van der Waals surface area contributed by atoms with Crippen molar-refractivity contribution in [1.82, 2.24) is 0 Å². The second kappa shape index (κ2) is 4.69. The molecule has 50 valence electrons. The lowest BCUT2D eigenvalue weighted by molar-refractivity contribution is 0.711. The van der Waals surface area contributed by atoms with Crippen LogP contribution in [0, 0.1) is 0 Å². The Labute approximate surface area is 53.1 Å². The molecule has 0 aliphatic rings. The molecule has 8 heavy (non-hydrogen) atoms. The minimum Gasteiger partial charge on any atom is -0.403 e. The van der Waals surface area contributed by atoms with Crippen LogP contribution in [0.3, 0.4) is 0 Å². The predicted molar refractivity (Wildman–Crippen MR) is 39.6 cm³/mol. The van der Waals surface area contributed by atoms with Crippen molar-refractivity contribution < 1.29 is 1.43 Å². The Morgan fingerprint density at radius 1 is 1.62 bits per heavy atom. The van der Waals surface area contributed by atoms with Gasteiger partial charge in [-0.2, -0.15) is 0 Å². The van der Waals surface area contributed by atoms with E-state index in [1.54, 1.807) is 0 Å². The molecule has 0 aliphatic carbocycles. The van der Waals surface area contributed by atoms with Crippen molar-refractivity contribution >= 4 is 0 Å². The molecule has 2 N–H and O–H groups in total. The number of unbranched alkanes of at least 4 members (excludes halogenated alkanes) is 2. The molecule has 0 spiro atoms. The molecule has 1 heteroatoms. The molecule has 0 saturated heterocycles. The van der Waals surface area contributed by atoms with Crippen LogP contribution in [-0.2, 0) is 0 Å². The van der Waals surface area contributed by atoms with Crippen LogP contribution in [-0.4, -0.2) is 0 Å². The van der Waals surface area contributed by atoms with Gasteiger partial charge >= 0.3 is 0 Å². The molecule has 0 aromatic rings. The maximum atomic E-state index is 5.34. The summed E-state index contributed by atoms with van der Waals surface area (Å²) in [5.74, 6) is 0. The molecule has 0 fully saturated rings. The Morgan fingerprint density at radius 2 is 2.25 bits per heavy atom. The lowest BCUT2D eigenvalue weighted by atomic mass is 10.2. The summed E-state index contributed by atoms with van der Waals surface area (Å²) in [5, 5.41) is 0. The van der Waals surface area contributed by atoms with Crippen LogP contribution < -0.4 is 5.73 Å². The van der Waals surface area contributed by atoms with Gasteiger partial charge in [0.15, 0.2) is 0 Å². The topological polar surface area (TPSA) is 26.0 Å². The molecule has 0 aromatic carbocycles. The van der Waals surface area contributed by atoms with Gasteiger partial charge in [0.25, 0.3) is 0 Å². The van der Waals surface area contributed by atoms with Gasteiger partial charge in [0, 0.05) is 7.12 Å². The normalized spacial score (nSPS) is 9.12. The minimum absolute atomic E-state index is 0. The van der Waals surface area contributed by atoms with Crippen LogP contribution in [0.2, 0.25) is 0 Å². The zero-order chi connectivity index (χ0) is 6.41. The summed E-state index contributed by atoms with van der Waals surface area (Å²) < 4.78 is 0. The molecule has 0 rings (SSSR count). The van der Waals surface area contributed by atoms with Gasteiger partial charge < -0.3 is 5.73 Å². The molecule has 0 heterocycles. The molecule has 0 unspecified atom stereocenters. The van der Waals surface area contributed by atoms with Crippen molar-refractivity contribution in [3.8, 4) is 0 Å². The highest BCUT2D eigenvalue weighted by molar-refractivity contribution is 4.84. The first-order valence-electron chi connectivity index (χ1n) is 3.20. The van der Waals surface area contributed by atoms with Crippen LogP contribution in [0.1, 0.15) is 34.0 Å². The first-order chi connectivity index (χ1) is 3.77. The van der Waals surface area contributed by atoms with Crippen molar-refractivity contribution in [1.29, 1.82) is 0 Å². The highest BCUT2D eigenvalue weighted by Crippen LogP contribution is 2.01. The summed E-state index contributed by atoms with van der Waals surface area (Å²) in [7, 11) is 0. The largest absolute Gasteiger partial charge is 0.403 e. The second-order valence-electron chi connectivity index (χ2n) is 2.12. The number of nitrogens with two attached hydrogens (primary N) is 1. The molecule has 1 nitrogen and oxygen atoms in total. The van der Waals surface area contributed by atoms with E-state index in [1.165, 1.54) is 19.3 Å². The van der Waals surface area contributed by atoms with Crippen LogP contribution in [0.15, 0.2) is 12.3 Å². The fraction of sp³-hybridized carbons (Fsp3) is 0.714. The molecule has 0 aliphatic heterocycles. The van der Waals surface area contributed by atoms with E-state index in [-0.39, 0.29) is 1.43 Å². The molecular formula is C7H17N. The van der Waals surface area contributed by atoms with Gasteiger partial charge in [0.1, 0.15) is 0 Å². The Kier molecular flexibility index (Phi) is 4.42. The van der Waals surface area contributed by atoms with Gasteiger partial charge in [0.05, 0.1) is 0 Å². The van der Waals surface area contributed by atoms with Gasteiger partial charge in [0.2, 0.25) is 0 Å². The van der Waals surface area contributed by atoms with Crippen molar-refractivity contribution in [2.75, 3.05) is 0 Å². The van der Waals surface area contributed by atoms with Crippen LogP contribution in [0.25, 0.3) is 0 Å². The molecular weight excluding hydrogens is 98.1 g/mol. The summed E-state index contributed by atoms with van der Waals surface area (Å²) in [4.78, 5) is 0. The molecule has 0 amide bonds. The van der Waals surface area contributed by atoms with Crippen molar-refractivity contribution in [2.24, 2.45) is 5.73 Å². The first-order valence-corrected chi connectivity index (χ1v) is 3.20. The van der Waals surface area contributed by atoms with Gasteiger partial charge in [-0.3, -0.25) is 0 Å². The highest BCUT2D eigenvalue weighted by Gasteiger charge is 1.84. The molecule has 0 atom stereocenters. The summed E-state index contributed by atoms with van der Waals surface area (Å²) >= 11 is 0. The second-order valence-corrected chi connectivity index (χ2v) is 2.12. The molecule has 0 radical (unpaired) electrons. The Morgan fingerprint density at radius 3 is 2.62 bits per heavy atom. The van der Waals surface area contributed by atoms with E-state index < -0.39 is 0 Å². The highest BCUT2D eigenvalue weighted by atomic mass is 14.5. The third-order valence-corrected chi connectivity index (χ3v) is 1.10. The maximum absolute atomic E-state index is 5.34. The van der Waals surface area contributed by atoms with E-state index in [0.717, 1.165) is 12.1 Å². The van der Waals surface area contributed by atoms with Crippen LogP contribution in [0.4, 0.5) is 0 Å². The number of hydrogen-bond acceptors (Lipinski definition) is 1. The van der Waals surface area contributed by atoms with Crippen molar-refractivity contribution in [3.63, 3.8) is 0 Å². The van der Waals surface area contributed by atoms with Gasteiger partial charge in [-0.25, -0.2) is 0 Å². The summed E-state index contributed by atoms with van der Waals surface area (Å²) in [5.41, 5.74) is 6.16. The van der Waals surface area contributed by atoms with E-state index in [4.69, 9.17) is 5.73 Å². The standard InChI is InChI=1S/C7H15N.H2/c1-3-4-5-6-7(2)8;/h2-6,8H2,1H3;1H. The molecule has 0 aromatic heterocycles. The van der Waals surface area contributed by atoms with E-state index in [0.29, 0.717) is 0 Å². The third kappa shape index (κ3) is 5.54. The van der Waals surface area contributed by atoms with Gasteiger partial charge in [-0.05, 0) is 12.8 Å². The zero-order valence-electron chi connectivity index (χ0n) is 5.61. The SMILES string of the molecule is C=C(N)CCCCC.[HH]. The van der Waals surface area contributed by atoms with E-state index >= 15 is 0 Å². The number of allylic oxidation sites excluding steroid dienone is 1.